The lowest BCUT2D eigenvalue weighted by Gasteiger charge is -2.22. The van der Waals surface area contributed by atoms with Gasteiger partial charge in [-0.1, -0.05) is 26.2 Å². The fraction of sp³-hybridized carbons (Fsp3) is 1.00. The summed E-state index contributed by atoms with van der Waals surface area (Å²) in [4.78, 5) is 0. The molecule has 0 aliphatic rings. The third-order valence-corrected chi connectivity index (χ3v) is 2.74. The van der Waals surface area contributed by atoms with Gasteiger partial charge in [-0.15, -0.1) is 0 Å². The quantitative estimate of drug-likeness (QED) is 0.613. The Kier molecular flexibility index (Phi) is 7.20. The van der Waals surface area contributed by atoms with Crippen LogP contribution in [-0.2, 0) is 4.74 Å². The van der Waals surface area contributed by atoms with Gasteiger partial charge in [-0.05, 0) is 33.1 Å². The number of hydrogen-bond donors (Lipinski definition) is 1. The molecule has 0 saturated heterocycles. The molecular weight excluding hydrogens is 176 g/mol. The predicted molar refractivity (Wildman–Crippen MR) is 60.5 cm³/mol. The Hall–Kier alpha value is -0.0800. The molecule has 1 N–H and O–H groups in total. The van der Waals surface area contributed by atoms with Crippen molar-refractivity contribution in [2.45, 2.75) is 71.0 Å². The van der Waals surface area contributed by atoms with Crippen LogP contribution in [-0.4, -0.2) is 23.9 Å². The second-order valence-electron chi connectivity index (χ2n) is 4.65. The molecule has 14 heavy (non-hydrogen) atoms. The molecule has 1 unspecified atom stereocenters. The van der Waals surface area contributed by atoms with E-state index in [9.17, 15) is 5.11 Å². The van der Waals surface area contributed by atoms with Crippen molar-refractivity contribution in [3.63, 3.8) is 0 Å². The van der Waals surface area contributed by atoms with Crippen molar-refractivity contribution in [2.75, 3.05) is 7.11 Å². The number of aliphatic hydroxyl groups is 1. The third-order valence-electron chi connectivity index (χ3n) is 2.74. The van der Waals surface area contributed by atoms with Crippen LogP contribution in [0.2, 0.25) is 0 Å². The van der Waals surface area contributed by atoms with E-state index in [0.29, 0.717) is 0 Å². The first-order valence-electron chi connectivity index (χ1n) is 5.75. The summed E-state index contributed by atoms with van der Waals surface area (Å²) in [6, 6.07) is 0. The summed E-state index contributed by atoms with van der Waals surface area (Å²) < 4.78 is 5.33. The van der Waals surface area contributed by atoms with Crippen molar-refractivity contribution < 1.29 is 9.84 Å². The second-order valence-corrected chi connectivity index (χ2v) is 4.65. The number of hydrogen-bond acceptors (Lipinski definition) is 2. The Morgan fingerprint density at radius 1 is 1.21 bits per heavy atom. The summed E-state index contributed by atoms with van der Waals surface area (Å²) >= 11 is 0. The van der Waals surface area contributed by atoms with Gasteiger partial charge in [0.2, 0.25) is 0 Å². The normalized spacial score (nSPS) is 14.4. The molecule has 0 heterocycles. The maximum atomic E-state index is 9.50. The highest BCUT2D eigenvalue weighted by Crippen LogP contribution is 2.18. The van der Waals surface area contributed by atoms with Gasteiger partial charge in [0.25, 0.3) is 0 Å². The molecule has 0 fully saturated rings. The summed E-state index contributed by atoms with van der Waals surface area (Å²) in [6.07, 6.45) is 6.18. The lowest BCUT2D eigenvalue weighted by Crippen LogP contribution is -2.22. The summed E-state index contributed by atoms with van der Waals surface area (Å²) in [6.45, 7) is 6.32. The Morgan fingerprint density at radius 2 is 1.86 bits per heavy atom. The average molecular weight is 202 g/mol. The van der Waals surface area contributed by atoms with E-state index in [2.05, 4.69) is 20.8 Å². The van der Waals surface area contributed by atoms with Gasteiger partial charge in [0.15, 0.2) is 0 Å². The molecule has 0 bridgehead atoms. The van der Waals surface area contributed by atoms with E-state index in [0.717, 1.165) is 38.5 Å². The lowest BCUT2D eigenvalue weighted by atomic mass is 9.99. The van der Waals surface area contributed by atoms with Crippen molar-refractivity contribution in [3.05, 3.63) is 0 Å². The first-order chi connectivity index (χ1) is 6.52. The van der Waals surface area contributed by atoms with Crippen molar-refractivity contribution in [3.8, 4) is 0 Å². The fourth-order valence-corrected chi connectivity index (χ4v) is 1.51. The zero-order valence-electron chi connectivity index (χ0n) is 10.2. The van der Waals surface area contributed by atoms with Crippen molar-refractivity contribution in [2.24, 2.45) is 0 Å². The van der Waals surface area contributed by atoms with E-state index in [1.807, 2.05) is 0 Å². The molecule has 0 rings (SSSR count). The van der Waals surface area contributed by atoms with E-state index >= 15 is 0 Å². The van der Waals surface area contributed by atoms with E-state index < -0.39 is 0 Å². The molecular formula is C12H26O2. The predicted octanol–water partition coefficient (Wildman–Crippen LogP) is 3.13. The van der Waals surface area contributed by atoms with Gasteiger partial charge < -0.3 is 9.84 Å². The van der Waals surface area contributed by atoms with E-state index in [4.69, 9.17) is 4.74 Å². The molecule has 0 saturated carbocycles. The van der Waals surface area contributed by atoms with Gasteiger partial charge in [0.05, 0.1) is 11.7 Å². The maximum Gasteiger partial charge on any atom is 0.0622 e. The minimum Gasteiger partial charge on any atom is -0.393 e. The second kappa shape index (κ2) is 7.24. The van der Waals surface area contributed by atoms with Crippen LogP contribution in [0.15, 0.2) is 0 Å². The molecule has 0 aromatic heterocycles. The van der Waals surface area contributed by atoms with E-state index in [-0.39, 0.29) is 11.7 Å². The molecule has 0 aromatic carbocycles. The van der Waals surface area contributed by atoms with Gasteiger partial charge in [0, 0.05) is 7.11 Å². The van der Waals surface area contributed by atoms with Crippen LogP contribution in [0.1, 0.15) is 59.3 Å². The molecule has 0 spiro atoms. The summed E-state index contributed by atoms with van der Waals surface area (Å²) in [5.74, 6) is 0. The van der Waals surface area contributed by atoms with Crippen LogP contribution < -0.4 is 0 Å². The molecule has 2 heteroatoms. The first-order valence-corrected chi connectivity index (χ1v) is 5.75. The van der Waals surface area contributed by atoms with Gasteiger partial charge in [-0.2, -0.15) is 0 Å². The van der Waals surface area contributed by atoms with Crippen LogP contribution >= 0.6 is 0 Å². The zero-order chi connectivity index (χ0) is 11.0. The van der Waals surface area contributed by atoms with E-state index in [1.165, 1.54) is 0 Å². The van der Waals surface area contributed by atoms with E-state index in [1.54, 1.807) is 7.11 Å². The van der Waals surface area contributed by atoms with Crippen LogP contribution in [0.3, 0.4) is 0 Å². The summed E-state index contributed by atoms with van der Waals surface area (Å²) in [5, 5.41) is 9.50. The summed E-state index contributed by atoms with van der Waals surface area (Å²) in [7, 11) is 1.76. The number of unbranched alkanes of at least 4 members (excludes halogenated alkanes) is 1. The van der Waals surface area contributed by atoms with Crippen LogP contribution in [0.25, 0.3) is 0 Å². The van der Waals surface area contributed by atoms with Crippen molar-refractivity contribution in [1.29, 1.82) is 0 Å². The molecule has 0 aromatic rings. The number of methoxy groups -OCH3 is 1. The smallest absolute Gasteiger partial charge is 0.0622 e. The highest BCUT2D eigenvalue weighted by molar-refractivity contribution is 4.67. The number of rotatable bonds is 8. The van der Waals surface area contributed by atoms with Gasteiger partial charge in [-0.3, -0.25) is 0 Å². The fourth-order valence-electron chi connectivity index (χ4n) is 1.51. The Balaban J connectivity index is 3.37. The maximum absolute atomic E-state index is 9.50. The third kappa shape index (κ3) is 7.34. The van der Waals surface area contributed by atoms with Gasteiger partial charge >= 0.3 is 0 Å². The van der Waals surface area contributed by atoms with Crippen LogP contribution in [0.4, 0.5) is 0 Å². The highest BCUT2D eigenvalue weighted by Gasteiger charge is 2.15. The Morgan fingerprint density at radius 3 is 2.36 bits per heavy atom. The molecule has 0 radical (unpaired) electrons. The zero-order valence-corrected chi connectivity index (χ0v) is 10.2. The average Bonchev–Trinajstić information content (AvgIpc) is 2.13. The first kappa shape index (κ1) is 13.9. The van der Waals surface area contributed by atoms with Gasteiger partial charge in [-0.25, -0.2) is 0 Å². The number of aliphatic hydroxyl groups excluding tert-OH is 1. The SMILES string of the molecule is CCCC(O)CCCCC(C)(C)OC. The molecule has 0 aliphatic heterocycles. The molecule has 1 atom stereocenters. The Labute approximate surface area is 88.7 Å². The summed E-state index contributed by atoms with van der Waals surface area (Å²) in [5.41, 5.74) is -0.00426. The lowest BCUT2D eigenvalue weighted by molar-refractivity contribution is 0.0125. The van der Waals surface area contributed by atoms with Gasteiger partial charge in [0.1, 0.15) is 0 Å². The molecule has 0 amide bonds. The highest BCUT2D eigenvalue weighted by atomic mass is 16.5. The molecule has 2 nitrogen and oxygen atoms in total. The van der Waals surface area contributed by atoms with Crippen molar-refractivity contribution >= 4 is 0 Å². The molecule has 86 valence electrons. The minimum atomic E-state index is -0.0920. The Bertz CT molecular complexity index is 132. The van der Waals surface area contributed by atoms with Crippen LogP contribution in [0.5, 0.6) is 0 Å². The topological polar surface area (TPSA) is 29.5 Å². The monoisotopic (exact) mass is 202 g/mol. The largest absolute Gasteiger partial charge is 0.393 e. The minimum absolute atomic E-state index is 0.00426. The van der Waals surface area contributed by atoms with Crippen LogP contribution in [0, 0.1) is 0 Å². The number of ether oxygens (including phenoxy) is 1. The van der Waals surface area contributed by atoms with Crippen molar-refractivity contribution in [1.82, 2.24) is 0 Å². The molecule has 0 aliphatic carbocycles. The standard InChI is InChI=1S/C12H26O2/c1-5-8-11(13)9-6-7-10-12(2,3)14-4/h11,13H,5-10H2,1-4H3.